The van der Waals surface area contributed by atoms with Crippen molar-refractivity contribution in [2.75, 3.05) is 10.2 Å². The quantitative estimate of drug-likeness (QED) is 0.177. The lowest BCUT2D eigenvalue weighted by atomic mass is 9.56. The van der Waals surface area contributed by atoms with E-state index in [1.54, 1.807) is 0 Å². The highest BCUT2D eigenvalue weighted by atomic mass is 32.1. The number of aryl methyl sites for hydroxylation is 1. The van der Waals surface area contributed by atoms with Crippen molar-refractivity contribution in [3.8, 4) is 22.3 Å². The highest BCUT2D eigenvalue weighted by Crippen LogP contribution is 2.56. The number of hydrogen-bond donors (Lipinski definition) is 1. The number of anilines is 5. The van der Waals surface area contributed by atoms with Crippen LogP contribution in [0.5, 0.6) is 0 Å². The van der Waals surface area contributed by atoms with Gasteiger partial charge in [-0.05, 0) is 199 Å². The van der Waals surface area contributed by atoms with Crippen LogP contribution in [0.4, 0.5) is 28.4 Å². The topological polar surface area (TPSA) is 15.3 Å². The van der Waals surface area contributed by atoms with E-state index in [0.717, 1.165) is 20.1 Å². The fraction of sp³-hybridized carbons (Fsp3) is 0.400. The summed E-state index contributed by atoms with van der Waals surface area (Å²) in [6.45, 7) is 37.0. The van der Waals surface area contributed by atoms with Gasteiger partial charge in [0, 0.05) is 59.6 Å². The van der Waals surface area contributed by atoms with E-state index in [0.29, 0.717) is 0 Å². The number of hydrogen-bond acceptors (Lipinski definition) is 3. The highest BCUT2D eigenvalue weighted by molar-refractivity contribution is 7.26. The first-order valence-electron chi connectivity index (χ1n) is 28.1. The second kappa shape index (κ2) is 15.5. The molecule has 5 aliphatic rings. The van der Waals surface area contributed by atoms with E-state index in [4.69, 9.17) is 0 Å². The van der Waals surface area contributed by atoms with E-state index in [1.165, 1.54) is 158 Å². The Labute approximate surface area is 447 Å². The number of rotatable bonds is 4. The molecule has 1 aromatic heterocycles. The Kier molecular flexibility index (Phi) is 10.1. The SMILES string of the molecule is Cc1cc2c(cc1N1c3cc4c(cc3Bc3c1cc1sc5ccccc5c1c3-c1cc3c(cc1Nc1ccc5c(c1)C(C)(C)CCC5(C)C)C(C)(C)CCC3(C)C)-c1ccccc1C4(C)C)C(C)(C)CCC2(C)C. The minimum absolute atomic E-state index is 0.0183. The zero-order valence-electron chi connectivity index (χ0n) is 47.2. The molecule has 0 fully saturated rings. The zero-order chi connectivity index (χ0) is 52.0. The summed E-state index contributed by atoms with van der Waals surface area (Å²) >= 11 is 1.97. The summed E-state index contributed by atoms with van der Waals surface area (Å²) in [4.78, 5) is 2.75. The molecule has 0 spiro atoms. The van der Waals surface area contributed by atoms with E-state index in [1.807, 2.05) is 11.3 Å². The van der Waals surface area contributed by atoms with E-state index < -0.39 is 0 Å². The van der Waals surface area contributed by atoms with Gasteiger partial charge in [0.15, 0.2) is 7.28 Å². The van der Waals surface area contributed by atoms with Gasteiger partial charge in [0.1, 0.15) is 0 Å². The Morgan fingerprint density at radius 3 is 1.68 bits per heavy atom. The molecule has 1 aliphatic heterocycles. The Morgan fingerprint density at radius 2 is 1.00 bits per heavy atom. The third-order valence-electron chi connectivity index (χ3n) is 20.2. The molecule has 8 aromatic rings. The molecule has 376 valence electrons. The average Bonchev–Trinajstić information content (AvgIpc) is 3.85. The molecule has 0 unspecified atom stereocenters. The van der Waals surface area contributed by atoms with Gasteiger partial charge in [0.2, 0.25) is 0 Å². The summed E-state index contributed by atoms with van der Waals surface area (Å²) in [7, 11) is 0.836. The first-order valence-corrected chi connectivity index (χ1v) is 28.9. The zero-order valence-corrected chi connectivity index (χ0v) is 48.0. The van der Waals surface area contributed by atoms with Crippen LogP contribution in [0.1, 0.15) is 186 Å². The molecular weight excluding hydrogens is 912 g/mol. The van der Waals surface area contributed by atoms with Crippen LogP contribution in [0, 0.1) is 6.92 Å². The van der Waals surface area contributed by atoms with Gasteiger partial charge in [-0.1, -0.05) is 163 Å². The van der Waals surface area contributed by atoms with Crippen molar-refractivity contribution in [2.24, 2.45) is 0 Å². The first kappa shape index (κ1) is 48.1. The van der Waals surface area contributed by atoms with Gasteiger partial charge in [0.25, 0.3) is 0 Å². The van der Waals surface area contributed by atoms with Gasteiger partial charge in [-0.25, -0.2) is 0 Å². The van der Waals surface area contributed by atoms with E-state index in [9.17, 15) is 0 Å². The Morgan fingerprint density at radius 1 is 0.446 bits per heavy atom. The number of fused-ring (bicyclic) bond motifs is 11. The molecule has 0 bridgehead atoms. The van der Waals surface area contributed by atoms with Crippen LogP contribution in [-0.4, -0.2) is 7.28 Å². The Hall–Kier alpha value is -5.58. The molecule has 0 saturated carbocycles. The molecule has 0 amide bonds. The Balaban J connectivity index is 1.14. The van der Waals surface area contributed by atoms with Crippen LogP contribution < -0.4 is 21.1 Å². The Bertz CT molecular complexity index is 3740. The van der Waals surface area contributed by atoms with Crippen LogP contribution in [0.25, 0.3) is 42.4 Å². The third kappa shape index (κ3) is 6.94. The molecule has 0 saturated heterocycles. The molecule has 1 N–H and O–H groups in total. The molecule has 13 rings (SSSR count). The van der Waals surface area contributed by atoms with Gasteiger partial charge in [-0.15, -0.1) is 11.3 Å². The largest absolute Gasteiger partial charge is 0.355 e. The third-order valence-corrected chi connectivity index (χ3v) is 21.3. The monoisotopic (exact) mass is 989 g/mol. The van der Waals surface area contributed by atoms with Crippen molar-refractivity contribution in [1.29, 1.82) is 0 Å². The normalized spacial score (nSPS) is 20.3. The summed E-state index contributed by atoms with van der Waals surface area (Å²) in [6.07, 6.45) is 7.09. The summed E-state index contributed by atoms with van der Waals surface area (Å²) in [5.41, 5.74) is 28.1. The molecule has 2 heterocycles. The summed E-state index contributed by atoms with van der Waals surface area (Å²) < 4.78 is 2.69. The van der Waals surface area contributed by atoms with Gasteiger partial charge >= 0.3 is 0 Å². The predicted molar refractivity (Wildman–Crippen MR) is 324 cm³/mol. The van der Waals surface area contributed by atoms with Crippen molar-refractivity contribution in [3.63, 3.8) is 0 Å². The van der Waals surface area contributed by atoms with Gasteiger partial charge < -0.3 is 10.2 Å². The molecule has 2 nitrogen and oxygen atoms in total. The van der Waals surface area contributed by atoms with Crippen LogP contribution in [0.15, 0.2) is 109 Å². The van der Waals surface area contributed by atoms with Crippen molar-refractivity contribution in [1.82, 2.24) is 0 Å². The van der Waals surface area contributed by atoms with Gasteiger partial charge in [0.05, 0.1) is 0 Å². The van der Waals surface area contributed by atoms with E-state index >= 15 is 0 Å². The molecule has 4 aliphatic carbocycles. The maximum Gasteiger partial charge on any atom is 0.198 e. The van der Waals surface area contributed by atoms with E-state index in [2.05, 4.69) is 223 Å². The lowest BCUT2D eigenvalue weighted by molar-refractivity contribution is 0.332. The van der Waals surface area contributed by atoms with Crippen molar-refractivity contribution in [2.45, 2.75) is 180 Å². The number of thiophene rings is 1. The van der Waals surface area contributed by atoms with Crippen LogP contribution >= 0.6 is 11.3 Å². The van der Waals surface area contributed by atoms with Crippen molar-refractivity contribution in [3.05, 3.63) is 159 Å². The smallest absolute Gasteiger partial charge is 0.198 e. The van der Waals surface area contributed by atoms with Crippen molar-refractivity contribution < 1.29 is 0 Å². The van der Waals surface area contributed by atoms with Gasteiger partial charge in [-0.3, -0.25) is 0 Å². The van der Waals surface area contributed by atoms with Gasteiger partial charge in [-0.2, -0.15) is 0 Å². The van der Waals surface area contributed by atoms with Crippen molar-refractivity contribution >= 4 is 78.2 Å². The average molecular weight is 989 g/mol. The fourth-order valence-corrected chi connectivity index (χ4v) is 16.1. The summed E-state index contributed by atoms with van der Waals surface area (Å²) in [6, 6.07) is 44.2. The minimum Gasteiger partial charge on any atom is -0.355 e. The fourth-order valence-electron chi connectivity index (χ4n) is 15.0. The standard InChI is InChI=1S/C70H77BN2S/c1-40-32-49-53(69(12,13)31-28-65(49,4)5)38-56(40)73-57-37-48-44(42-20-16-18-22-46(42)70(48,14)15)35-54(57)71-63-58(73)39-60-61(43-21-17-19-23-59(43)74-60)62(63)45-34-51-52(68(10,11)30-29-67(51,8)9)36-55(45)72-41-24-25-47-50(33-41)66(6,7)27-26-64(47,2)3/h16-25,32-39,71-72H,26-31H2,1-15H3. The second-order valence-electron chi connectivity index (χ2n) is 28.2. The first-order chi connectivity index (χ1) is 34.8. The molecule has 0 atom stereocenters. The lowest BCUT2D eigenvalue weighted by Gasteiger charge is -2.44. The maximum absolute atomic E-state index is 4.28. The van der Waals surface area contributed by atoms with Crippen LogP contribution in [-0.2, 0) is 37.9 Å². The second-order valence-corrected chi connectivity index (χ2v) is 29.3. The molecule has 0 radical (unpaired) electrons. The minimum atomic E-state index is -0.129. The lowest BCUT2D eigenvalue weighted by Crippen LogP contribution is -2.42. The molecule has 74 heavy (non-hydrogen) atoms. The number of nitrogens with zero attached hydrogens (tertiary/aromatic N) is 1. The van der Waals surface area contributed by atoms with Crippen LogP contribution in [0.3, 0.4) is 0 Å². The maximum atomic E-state index is 4.28. The molecule has 4 heteroatoms. The molecular formula is C70H77BN2S. The van der Waals surface area contributed by atoms with Crippen LogP contribution in [0.2, 0.25) is 0 Å². The predicted octanol–water partition coefficient (Wildman–Crippen LogP) is 18.3. The number of benzene rings is 7. The summed E-state index contributed by atoms with van der Waals surface area (Å²) in [5, 5.41) is 7.01. The highest BCUT2D eigenvalue weighted by Gasteiger charge is 2.44. The number of nitrogens with one attached hydrogen (secondary N) is 1. The molecule has 7 aromatic carbocycles. The summed E-state index contributed by atoms with van der Waals surface area (Å²) in [5.74, 6) is 0. The van der Waals surface area contributed by atoms with E-state index in [-0.39, 0.29) is 37.9 Å².